The summed E-state index contributed by atoms with van der Waals surface area (Å²) < 4.78 is 43.1. The third kappa shape index (κ3) is 2.20. The molecule has 0 fully saturated rings. The minimum absolute atomic E-state index is 0.00418. The van der Waals surface area contributed by atoms with E-state index in [0.717, 1.165) is 0 Å². The summed E-state index contributed by atoms with van der Waals surface area (Å²) in [5.74, 6) is 4.02. The number of para-hydroxylation sites is 1. The summed E-state index contributed by atoms with van der Waals surface area (Å²) in [4.78, 5) is 4.36. The standard InChI is InChI=1S/C14H10F3N11/c15-14(16,17)11-22-23-13-25-27-10(24-28(11)13)8-6-19-26(7-4-2-1-3-5-7)9(8)20-12(27)21-18/h1-6,24H,18H2,(H,23,25)/b21-12+. The van der Waals surface area contributed by atoms with E-state index in [1.54, 1.807) is 0 Å². The largest absolute Gasteiger partial charge is 0.453 e. The van der Waals surface area contributed by atoms with E-state index < -0.39 is 12.0 Å². The van der Waals surface area contributed by atoms with Crippen molar-refractivity contribution in [2.45, 2.75) is 6.18 Å². The fraction of sp³-hybridized carbons (Fsp3) is 0.0714. The van der Waals surface area contributed by atoms with E-state index in [9.17, 15) is 13.2 Å². The number of nitrogens with zero attached hydrogens (tertiary/aromatic N) is 8. The summed E-state index contributed by atoms with van der Waals surface area (Å²) in [6, 6.07) is 9.11. The van der Waals surface area contributed by atoms with E-state index in [2.05, 4.69) is 35.6 Å². The van der Waals surface area contributed by atoms with Gasteiger partial charge in [0.1, 0.15) is 0 Å². The highest BCUT2D eigenvalue weighted by Gasteiger charge is 2.37. The minimum atomic E-state index is -4.70. The van der Waals surface area contributed by atoms with Crippen LogP contribution in [-0.4, -0.2) is 44.2 Å². The number of benzene rings is 1. The minimum Gasteiger partial charge on any atom is -0.320 e. The second kappa shape index (κ2) is 5.45. The summed E-state index contributed by atoms with van der Waals surface area (Å²) in [6.07, 6.45) is -3.23. The van der Waals surface area contributed by atoms with Crippen LogP contribution >= 0.6 is 0 Å². The molecule has 0 aliphatic carbocycles. The average Bonchev–Trinajstić information content (AvgIpc) is 3.30. The summed E-state index contributed by atoms with van der Waals surface area (Å²) in [6.45, 7) is 0. The SMILES string of the molecule is N/N=c1\nc2c(cnn2-c2ccccc2)c2[nH]n3c(C(F)(F)F)nnc3[nH]n12. The first kappa shape index (κ1) is 16.1. The van der Waals surface area contributed by atoms with E-state index in [1.165, 1.54) is 15.4 Å². The van der Waals surface area contributed by atoms with Gasteiger partial charge in [-0.25, -0.2) is 4.68 Å². The van der Waals surface area contributed by atoms with Gasteiger partial charge in [0, 0.05) is 0 Å². The number of aromatic nitrogens is 9. The van der Waals surface area contributed by atoms with Crippen molar-refractivity contribution in [3.05, 3.63) is 48.0 Å². The Morgan fingerprint density at radius 2 is 1.82 bits per heavy atom. The Balaban J connectivity index is 1.92. The quantitative estimate of drug-likeness (QED) is 0.287. The van der Waals surface area contributed by atoms with E-state index >= 15 is 0 Å². The number of fused-ring (bicyclic) bond motifs is 4. The first-order valence-electron chi connectivity index (χ1n) is 7.84. The molecule has 4 heterocycles. The monoisotopic (exact) mass is 389 g/mol. The fourth-order valence-corrected chi connectivity index (χ4v) is 2.89. The third-order valence-electron chi connectivity index (χ3n) is 4.09. The number of hydrogen-bond acceptors (Lipinski definition) is 6. The Kier molecular flexibility index (Phi) is 3.13. The highest BCUT2D eigenvalue weighted by molar-refractivity contribution is 5.88. The zero-order valence-corrected chi connectivity index (χ0v) is 13.8. The van der Waals surface area contributed by atoms with Crippen LogP contribution in [0.25, 0.3) is 28.1 Å². The van der Waals surface area contributed by atoms with Crippen molar-refractivity contribution in [3.63, 3.8) is 0 Å². The van der Waals surface area contributed by atoms with Gasteiger partial charge in [-0.3, -0.25) is 10.2 Å². The molecule has 5 aromatic rings. The number of hydrogen-bond donors (Lipinski definition) is 3. The number of halogens is 3. The van der Waals surface area contributed by atoms with E-state index in [1.807, 2.05) is 30.3 Å². The maximum Gasteiger partial charge on any atom is 0.453 e. The van der Waals surface area contributed by atoms with Crippen molar-refractivity contribution in [3.8, 4) is 5.69 Å². The Hall–Kier alpha value is -4.10. The van der Waals surface area contributed by atoms with Crippen molar-refractivity contribution >= 4 is 22.5 Å². The van der Waals surface area contributed by atoms with Crippen LogP contribution in [0.1, 0.15) is 5.82 Å². The van der Waals surface area contributed by atoms with Gasteiger partial charge in [0.05, 0.1) is 17.3 Å². The molecule has 0 atom stereocenters. The molecule has 0 aliphatic heterocycles. The summed E-state index contributed by atoms with van der Waals surface area (Å²) in [7, 11) is 0. The molecular formula is C14H10F3N11. The van der Waals surface area contributed by atoms with Gasteiger partial charge in [-0.05, 0) is 12.1 Å². The molecule has 4 N–H and O–H groups in total. The first-order valence-corrected chi connectivity index (χ1v) is 7.84. The Bertz CT molecular complexity index is 1410. The van der Waals surface area contributed by atoms with Crippen LogP contribution in [0.15, 0.2) is 41.6 Å². The highest BCUT2D eigenvalue weighted by atomic mass is 19.4. The van der Waals surface area contributed by atoms with Gasteiger partial charge >= 0.3 is 6.18 Å². The van der Waals surface area contributed by atoms with E-state index in [0.29, 0.717) is 21.2 Å². The number of aromatic amines is 2. The molecule has 14 heteroatoms. The molecule has 1 aromatic carbocycles. The van der Waals surface area contributed by atoms with Crippen LogP contribution in [0.3, 0.4) is 0 Å². The van der Waals surface area contributed by atoms with E-state index in [4.69, 9.17) is 5.84 Å². The fourth-order valence-electron chi connectivity index (χ4n) is 2.89. The average molecular weight is 389 g/mol. The molecule has 0 bridgehead atoms. The first-order chi connectivity index (χ1) is 13.5. The number of nitrogens with two attached hydrogens (primary N) is 1. The van der Waals surface area contributed by atoms with Gasteiger partial charge in [-0.15, -0.1) is 15.3 Å². The molecule has 0 radical (unpaired) electrons. The molecule has 0 amide bonds. The number of nitrogens with one attached hydrogen (secondary N) is 2. The lowest BCUT2D eigenvalue weighted by Gasteiger charge is -2.08. The zero-order valence-electron chi connectivity index (χ0n) is 13.8. The number of alkyl halides is 3. The van der Waals surface area contributed by atoms with Gasteiger partial charge in [-0.1, -0.05) is 18.2 Å². The molecular weight excluding hydrogens is 379 g/mol. The number of H-pyrrole nitrogens is 2. The Morgan fingerprint density at radius 3 is 2.54 bits per heavy atom. The lowest BCUT2D eigenvalue weighted by Crippen LogP contribution is -2.26. The van der Waals surface area contributed by atoms with Crippen LogP contribution in [0.5, 0.6) is 0 Å². The highest BCUT2D eigenvalue weighted by Crippen LogP contribution is 2.27. The topological polar surface area (TPSA) is 135 Å². The molecule has 4 aromatic heterocycles. The van der Waals surface area contributed by atoms with Gasteiger partial charge in [0.15, 0.2) is 11.3 Å². The molecule has 0 saturated carbocycles. The van der Waals surface area contributed by atoms with Crippen LogP contribution in [0, 0.1) is 0 Å². The molecule has 0 unspecified atom stereocenters. The maximum atomic E-state index is 13.2. The van der Waals surface area contributed by atoms with Crippen LogP contribution in [-0.2, 0) is 6.18 Å². The van der Waals surface area contributed by atoms with E-state index in [-0.39, 0.29) is 17.0 Å². The lowest BCUT2D eigenvalue weighted by molar-refractivity contribution is -0.146. The van der Waals surface area contributed by atoms with Crippen LogP contribution in [0.2, 0.25) is 0 Å². The van der Waals surface area contributed by atoms with Crippen molar-refractivity contribution in [1.29, 1.82) is 0 Å². The predicted molar refractivity (Wildman–Crippen MR) is 88.6 cm³/mol. The third-order valence-corrected chi connectivity index (χ3v) is 4.09. The lowest BCUT2D eigenvalue weighted by atomic mass is 10.3. The molecule has 142 valence electrons. The summed E-state index contributed by atoms with van der Waals surface area (Å²) in [5.41, 5.74) is 1.24. The summed E-state index contributed by atoms with van der Waals surface area (Å²) in [5, 5.41) is 20.3. The van der Waals surface area contributed by atoms with Gasteiger partial charge in [0.25, 0.3) is 17.2 Å². The van der Waals surface area contributed by atoms with Gasteiger partial charge in [-0.2, -0.15) is 32.3 Å². The van der Waals surface area contributed by atoms with Crippen molar-refractivity contribution in [2.75, 3.05) is 0 Å². The van der Waals surface area contributed by atoms with Gasteiger partial charge < -0.3 is 5.84 Å². The molecule has 11 nitrogen and oxygen atoms in total. The normalized spacial score (nSPS) is 13.2. The van der Waals surface area contributed by atoms with Crippen LogP contribution < -0.4 is 11.5 Å². The molecule has 0 saturated heterocycles. The Labute approximate surface area is 151 Å². The van der Waals surface area contributed by atoms with Crippen LogP contribution in [0.4, 0.5) is 13.2 Å². The molecule has 5 rings (SSSR count). The molecule has 28 heavy (non-hydrogen) atoms. The smallest absolute Gasteiger partial charge is 0.320 e. The zero-order chi connectivity index (χ0) is 19.5. The second-order valence-electron chi connectivity index (χ2n) is 5.76. The van der Waals surface area contributed by atoms with Gasteiger partial charge in [0.2, 0.25) is 0 Å². The Morgan fingerprint density at radius 1 is 1.04 bits per heavy atom. The maximum absolute atomic E-state index is 13.2. The predicted octanol–water partition coefficient (Wildman–Crippen LogP) is 0.727. The summed E-state index contributed by atoms with van der Waals surface area (Å²) >= 11 is 0. The van der Waals surface area contributed by atoms with Crippen molar-refractivity contribution < 1.29 is 13.2 Å². The van der Waals surface area contributed by atoms with Crippen molar-refractivity contribution in [1.82, 2.24) is 44.2 Å². The number of rotatable bonds is 1. The van der Waals surface area contributed by atoms with Crippen molar-refractivity contribution in [2.24, 2.45) is 10.9 Å². The second-order valence-corrected chi connectivity index (χ2v) is 5.76. The molecule has 0 aliphatic rings. The molecule has 0 spiro atoms.